The van der Waals surface area contributed by atoms with E-state index in [9.17, 15) is 26.6 Å². The number of pyridine rings is 1. The molecule has 3 aromatic rings. The number of alkyl halides is 3. The van der Waals surface area contributed by atoms with Gasteiger partial charge in [-0.15, -0.1) is 0 Å². The van der Waals surface area contributed by atoms with Gasteiger partial charge in [0.25, 0.3) is 0 Å². The predicted molar refractivity (Wildman–Crippen MR) is 120 cm³/mol. The summed E-state index contributed by atoms with van der Waals surface area (Å²) in [6.07, 6.45) is -1.49. The third kappa shape index (κ3) is 6.00. The van der Waals surface area contributed by atoms with Crippen molar-refractivity contribution in [3.05, 3.63) is 71.2 Å². The zero-order valence-corrected chi connectivity index (χ0v) is 19.5. The fourth-order valence-corrected chi connectivity index (χ4v) is 5.20. The first-order valence-corrected chi connectivity index (χ1v) is 11.9. The van der Waals surface area contributed by atoms with Gasteiger partial charge in [-0.2, -0.15) is 13.2 Å². The van der Waals surface area contributed by atoms with Gasteiger partial charge < -0.3 is 5.32 Å². The van der Waals surface area contributed by atoms with E-state index >= 15 is 0 Å². The van der Waals surface area contributed by atoms with Crippen molar-refractivity contribution < 1.29 is 26.6 Å². The van der Waals surface area contributed by atoms with Gasteiger partial charge in [0.2, 0.25) is 11.7 Å². The van der Waals surface area contributed by atoms with E-state index in [1.807, 2.05) is 0 Å². The van der Waals surface area contributed by atoms with E-state index in [0.717, 1.165) is 12.4 Å². The first-order valence-electron chi connectivity index (χ1n) is 10.4. The van der Waals surface area contributed by atoms with Crippen molar-refractivity contribution in [2.75, 3.05) is 6.54 Å². The third-order valence-corrected chi connectivity index (χ3v) is 6.99. The van der Waals surface area contributed by atoms with Gasteiger partial charge in [0, 0.05) is 31.0 Å². The Labute approximate surface area is 205 Å². The summed E-state index contributed by atoms with van der Waals surface area (Å²) < 4.78 is 65.8. The zero-order valence-electron chi connectivity index (χ0n) is 17.9. The molecule has 13 heteroatoms. The van der Waals surface area contributed by atoms with Gasteiger partial charge in [-0.1, -0.05) is 11.6 Å². The molecule has 1 saturated heterocycles. The second kappa shape index (κ2) is 10.3. The van der Waals surface area contributed by atoms with Gasteiger partial charge in [-0.05, 0) is 54.8 Å². The maximum Gasteiger partial charge on any atom is 0.451 e. The molecule has 0 radical (unpaired) electrons. The summed E-state index contributed by atoms with van der Waals surface area (Å²) in [6, 6.07) is 7.70. The van der Waals surface area contributed by atoms with Crippen LogP contribution in [0.25, 0.3) is 11.3 Å². The molecule has 2 unspecified atom stereocenters. The Kier molecular flexibility index (Phi) is 7.43. The van der Waals surface area contributed by atoms with E-state index in [1.54, 1.807) is 10.4 Å². The summed E-state index contributed by atoms with van der Waals surface area (Å²) in [4.78, 5) is 24.0. The van der Waals surface area contributed by atoms with Crippen LogP contribution in [-0.4, -0.2) is 42.0 Å². The van der Waals surface area contributed by atoms with Gasteiger partial charge in [-0.25, -0.2) is 27.9 Å². The number of rotatable bonds is 6. The number of hydrogen-bond acceptors (Lipinski definition) is 5. The van der Waals surface area contributed by atoms with Crippen LogP contribution in [0.2, 0.25) is 5.15 Å². The highest BCUT2D eigenvalue weighted by Gasteiger charge is 2.35. The minimum absolute atomic E-state index is 0.0586. The average molecular weight is 528 g/mol. The summed E-state index contributed by atoms with van der Waals surface area (Å²) in [5.74, 6) is -2.06. The molecule has 0 bridgehead atoms. The van der Waals surface area contributed by atoms with Crippen molar-refractivity contribution in [3.63, 3.8) is 0 Å². The zero-order chi connectivity index (χ0) is 25.2. The molecule has 1 N–H and O–H groups in total. The first kappa shape index (κ1) is 25.1. The minimum Gasteiger partial charge on any atom is -0.351 e. The van der Waals surface area contributed by atoms with E-state index in [0.29, 0.717) is 29.8 Å². The SMILES string of the molecule is O=C(NCc1cc(Cl)nc(-c2cnc(C(F)(F)F)nc2)c1)C1CCCN1S(=O)c1ccc(F)cc1. The normalized spacial score (nSPS) is 17.3. The quantitative estimate of drug-likeness (QED) is 0.384. The van der Waals surface area contributed by atoms with Gasteiger partial charge in [-0.3, -0.25) is 4.79 Å². The van der Waals surface area contributed by atoms with Crippen molar-refractivity contribution in [2.24, 2.45) is 0 Å². The van der Waals surface area contributed by atoms with Crippen LogP contribution in [0.3, 0.4) is 0 Å². The molecule has 7 nitrogen and oxygen atoms in total. The predicted octanol–water partition coefficient (Wildman–Crippen LogP) is 4.15. The number of amides is 1. The van der Waals surface area contributed by atoms with Crippen LogP contribution >= 0.6 is 11.6 Å². The molecular weight excluding hydrogens is 510 g/mol. The summed E-state index contributed by atoms with van der Waals surface area (Å²) in [7, 11) is -1.63. The van der Waals surface area contributed by atoms with Crippen molar-refractivity contribution in [1.82, 2.24) is 24.6 Å². The van der Waals surface area contributed by atoms with E-state index in [2.05, 4.69) is 20.3 Å². The molecule has 3 heterocycles. The molecule has 0 saturated carbocycles. The fourth-order valence-electron chi connectivity index (χ4n) is 3.60. The molecule has 0 spiro atoms. The van der Waals surface area contributed by atoms with Crippen LogP contribution in [0.5, 0.6) is 0 Å². The molecule has 184 valence electrons. The molecule has 0 aliphatic carbocycles. The van der Waals surface area contributed by atoms with E-state index < -0.39 is 34.8 Å². The number of nitrogens with one attached hydrogen (secondary N) is 1. The van der Waals surface area contributed by atoms with Crippen molar-refractivity contribution in [2.45, 2.75) is 36.5 Å². The Hall–Kier alpha value is -2.96. The highest BCUT2D eigenvalue weighted by molar-refractivity contribution is 7.82. The maximum atomic E-state index is 13.2. The fraction of sp³-hybridized carbons (Fsp3) is 0.273. The summed E-state index contributed by atoms with van der Waals surface area (Å²) >= 11 is 6.07. The number of aromatic nitrogens is 3. The van der Waals surface area contributed by atoms with Crippen molar-refractivity contribution >= 4 is 28.5 Å². The number of nitrogens with zero attached hydrogens (tertiary/aromatic N) is 4. The lowest BCUT2D eigenvalue weighted by Crippen LogP contribution is -2.43. The molecule has 1 fully saturated rings. The van der Waals surface area contributed by atoms with Gasteiger partial charge in [0.1, 0.15) is 28.0 Å². The number of carbonyl (C=O) groups excluding carboxylic acids is 1. The van der Waals surface area contributed by atoms with Crippen LogP contribution in [0.1, 0.15) is 24.2 Å². The average Bonchev–Trinajstić information content (AvgIpc) is 3.32. The van der Waals surface area contributed by atoms with E-state index in [-0.39, 0.29) is 28.9 Å². The summed E-state index contributed by atoms with van der Waals surface area (Å²) in [5, 5.41) is 2.86. The second-order valence-corrected chi connectivity index (χ2v) is 9.52. The summed E-state index contributed by atoms with van der Waals surface area (Å²) in [6.45, 7) is 0.504. The highest BCUT2D eigenvalue weighted by Crippen LogP contribution is 2.28. The third-order valence-electron chi connectivity index (χ3n) is 5.26. The topological polar surface area (TPSA) is 88.1 Å². The second-order valence-electron chi connectivity index (χ2n) is 7.70. The monoisotopic (exact) mass is 527 g/mol. The van der Waals surface area contributed by atoms with Gasteiger partial charge in [0.15, 0.2) is 0 Å². The van der Waals surface area contributed by atoms with Crippen molar-refractivity contribution in [3.8, 4) is 11.3 Å². The van der Waals surface area contributed by atoms with Gasteiger partial charge >= 0.3 is 6.18 Å². The van der Waals surface area contributed by atoms with Crippen LogP contribution in [-0.2, 0) is 28.5 Å². The Bertz CT molecular complexity index is 1240. The lowest BCUT2D eigenvalue weighted by molar-refractivity contribution is -0.145. The highest BCUT2D eigenvalue weighted by atomic mass is 35.5. The Morgan fingerprint density at radius 2 is 1.86 bits per heavy atom. The molecule has 2 atom stereocenters. The standard InChI is InChI=1S/C22H18ClF4N5O2S/c23-19-9-13(8-17(31-19)14-11-29-21(30-12-14)22(25,26)27)10-28-20(33)18-2-1-7-32(18)35(34)16-5-3-15(24)4-6-16/h3-6,8-9,11-12,18H,1-2,7,10H2,(H,28,33). The smallest absolute Gasteiger partial charge is 0.351 e. The van der Waals surface area contributed by atoms with E-state index in [1.165, 1.54) is 30.3 Å². The van der Waals surface area contributed by atoms with Crippen LogP contribution in [0.15, 0.2) is 53.7 Å². The summed E-state index contributed by atoms with van der Waals surface area (Å²) in [5.41, 5.74) is 1.03. The molecular formula is C22H18ClF4N5O2S. The molecule has 2 aromatic heterocycles. The van der Waals surface area contributed by atoms with Gasteiger partial charge in [0.05, 0.1) is 10.6 Å². The Morgan fingerprint density at radius 1 is 1.17 bits per heavy atom. The molecule has 35 heavy (non-hydrogen) atoms. The Morgan fingerprint density at radius 3 is 2.51 bits per heavy atom. The van der Waals surface area contributed by atoms with Crippen LogP contribution < -0.4 is 5.32 Å². The molecule has 1 aromatic carbocycles. The number of hydrogen-bond donors (Lipinski definition) is 1. The van der Waals surface area contributed by atoms with Crippen LogP contribution in [0.4, 0.5) is 17.6 Å². The largest absolute Gasteiger partial charge is 0.451 e. The minimum atomic E-state index is -4.66. The molecule has 1 amide bonds. The lowest BCUT2D eigenvalue weighted by Gasteiger charge is -2.22. The Balaban J connectivity index is 1.44. The number of benzene rings is 1. The van der Waals surface area contributed by atoms with Crippen molar-refractivity contribution in [1.29, 1.82) is 0 Å². The first-order chi connectivity index (χ1) is 16.6. The maximum absolute atomic E-state index is 13.2. The number of halogens is 5. The van der Waals surface area contributed by atoms with Crippen LogP contribution in [0, 0.1) is 5.82 Å². The molecule has 1 aliphatic heterocycles. The van der Waals surface area contributed by atoms with E-state index in [4.69, 9.17) is 11.6 Å². The molecule has 4 rings (SSSR count). The number of carbonyl (C=O) groups is 1. The lowest BCUT2D eigenvalue weighted by atomic mass is 10.1. The molecule has 1 aliphatic rings.